The monoisotopic (exact) mass is 377 g/mol. The fourth-order valence-electron chi connectivity index (χ4n) is 3.51. The lowest BCUT2D eigenvalue weighted by atomic mass is 9.98. The summed E-state index contributed by atoms with van der Waals surface area (Å²) < 4.78 is 30.8. The van der Waals surface area contributed by atoms with Crippen LogP contribution in [0.25, 0.3) is 11.2 Å². The van der Waals surface area contributed by atoms with Crippen molar-refractivity contribution in [2.75, 3.05) is 25.5 Å². The van der Waals surface area contributed by atoms with Crippen molar-refractivity contribution in [3.05, 3.63) is 24.5 Å². The quantitative estimate of drug-likeness (QED) is 0.687. The molecule has 1 aliphatic rings. The van der Waals surface area contributed by atoms with Gasteiger partial charge in [-0.05, 0) is 38.4 Å². The van der Waals surface area contributed by atoms with E-state index in [1.54, 1.807) is 6.20 Å². The van der Waals surface area contributed by atoms with Gasteiger partial charge in [-0.25, -0.2) is 9.97 Å². The summed E-state index contributed by atoms with van der Waals surface area (Å²) >= 11 is 0. The average Bonchev–Trinajstić information content (AvgIpc) is 3.22. The van der Waals surface area contributed by atoms with Crippen molar-refractivity contribution < 1.29 is 13.5 Å². The van der Waals surface area contributed by atoms with E-state index in [1.807, 2.05) is 12.3 Å². The molecular weight excluding hydrogens is 356 g/mol. The molecule has 4 rings (SSSR count). The number of piperidine rings is 1. The minimum absolute atomic E-state index is 0.189. The van der Waals surface area contributed by atoms with Crippen molar-refractivity contribution in [1.29, 1.82) is 0 Å². The van der Waals surface area contributed by atoms with Crippen molar-refractivity contribution in [2.45, 2.75) is 26.0 Å². The number of aromatic nitrogens is 5. The van der Waals surface area contributed by atoms with E-state index in [0.717, 1.165) is 30.8 Å². The Morgan fingerprint density at radius 1 is 1.44 bits per heavy atom. The second kappa shape index (κ2) is 7.47. The van der Waals surface area contributed by atoms with Crippen LogP contribution in [0.2, 0.25) is 0 Å². The van der Waals surface area contributed by atoms with E-state index in [1.165, 1.54) is 18.9 Å². The number of halogens is 2. The standard InChI is InChI=1S/C17H21F2N7O/c1-25-5-2-3-11(9-25)10-26-6-4-12-16(26)22-14(8-20-12)21-13-7-15(24-23-13)27-17(18)19/h4,6-8,11,17H,2-3,5,9-10H2,1H3,(H2,21,22,23,24). The molecule has 10 heteroatoms. The van der Waals surface area contributed by atoms with E-state index < -0.39 is 6.61 Å². The summed E-state index contributed by atoms with van der Waals surface area (Å²) in [5.41, 5.74) is 1.60. The molecule has 1 saturated heterocycles. The molecule has 1 aliphatic heterocycles. The molecule has 8 nitrogen and oxygen atoms in total. The van der Waals surface area contributed by atoms with Crippen molar-refractivity contribution in [1.82, 2.24) is 29.6 Å². The van der Waals surface area contributed by atoms with Gasteiger partial charge in [0.05, 0.1) is 6.20 Å². The molecule has 4 heterocycles. The molecule has 1 atom stereocenters. The molecule has 27 heavy (non-hydrogen) atoms. The fraction of sp³-hybridized carbons (Fsp3) is 0.471. The lowest BCUT2D eigenvalue weighted by molar-refractivity contribution is -0.0528. The maximum atomic E-state index is 12.2. The Morgan fingerprint density at radius 2 is 2.33 bits per heavy atom. The van der Waals surface area contributed by atoms with E-state index >= 15 is 0 Å². The molecule has 1 fully saturated rings. The van der Waals surface area contributed by atoms with Gasteiger partial charge < -0.3 is 19.5 Å². The zero-order valence-corrected chi connectivity index (χ0v) is 14.9. The maximum absolute atomic E-state index is 12.2. The summed E-state index contributed by atoms with van der Waals surface area (Å²) in [7, 11) is 2.15. The third-order valence-corrected chi connectivity index (χ3v) is 4.67. The highest BCUT2D eigenvalue weighted by Crippen LogP contribution is 2.22. The van der Waals surface area contributed by atoms with Crippen molar-refractivity contribution in [3.63, 3.8) is 0 Å². The molecule has 3 aromatic heterocycles. The van der Waals surface area contributed by atoms with Crippen LogP contribution in [0.3, 0.4) is 0 Å². The van der Waals surface area contributed by atoms with Crippen LogP contribution >= 0.6 is 0 Å². The zero-order valence-electron chi connectivity index (χ0n) is 14.9. The first-order valence-electron chi connectivity index (χ1n) is 8.84. The van der Waals surface area contributed by atoms with Gasteiger partial charge in [0.2, 0.25) is 5.88 Å². The van der Waals surface area contributed by atoms with Crippen LogP contribution in [0.1, 0.15) is 12.8 Å². The molecule has 0 bridgehead atoms. The summed E-state index contributed by atoms with van der Waals surface area (Å²) in [6.07, 6.45) is 6.02. The number of ether oxygens (including phenoxy) is 1. The number of likely N-dealkylation sites (tertiary alicyclic amines) is 1. The molecule has 1 unspecified atom stereocenters. The SMILES string of the molecule is CN1CCCC(Cn2ccc3ncc(Nc4cc(OC(F)F)n[nH]4)nc32)C1. The number of nitrogens with one attached hydrogen (secondary N) is 2. The Kier molecular flexibility index (Phi) is 4.88. The van der Waals surface area contributed by atoms with E-state index in [2.05, 4.69) is 46.7 Å². The summed E-state index contributed by atoms with van der Waals surface area (Å²) in [4.78, 5) is 11.4. The number of alkyl halides is 2. The van der Waals surface area contributed by atoms with Gasteiger partial charge in [0.15, 0.2) is 11.5 Å². The van der Waals surface area contributed by atoms with E-state index in [4.69, 9.17) is 0 Å². The summed E-state index contributed by atoms with van der Waals surface area (Å²) in [5.74, 6) is 1.28. The molecule has 2 N–H and O–H groups in total. The molecule has 0 saturated carbocycles. The fourth-order valence-corrected chi connectivity index (χ4v) is 3.51. The molecule has 0 radical (unpaired) electrons. The smallest absolute Gasteiger partial charge is 0.388 e. The first-order chi connectivity index (χ1) is 13.1. The van der Waals surface area contributed by atoms with Crippen molar-refractivity contribution in [2.24, 2.45) is 5.92 Å². The highest BCUT2D eigenvalue weighted by Gasteiger charge is 2.19. The highest BCUT2D eigenvalue weighted by molar-refractivity contribution is 5.73. The zero-order chi connectivity index (χ0) is 18.8. The first kappa shape index (κ1) is 17.7. The summed E-state index contributed by atoms with van der Waals surface area (Å²) in [6.45, 7) is 0.201. The topological polar surface area (TPSA) is 83.9 Å². The third kappa shape index (κ3) is 4.16. The number of nitrogens with zero attached hydrogens (tertiary/aromatic N) is 5. The molecule has 0 aromatic carbocycles. The van der Waals surface area contributed by atoms with Gasteiger partial charge >= 0.3 is 6.61 Å². The predicted molar refractivity (Wildman–Crippen MR) is 96.3 cm³/mol. The van der Waals surface area contributed by atoms with Gasteiger partial charge in [-0.3, -0.25) is 5.10 Å². The van der Waals surface area contributed by atoms with Gasteiger partial charge in [0, 0.05) is 25.4 Å². The highest BCUT2D eigenvalue weighted by atomic mass is 19.3. The predicted octanol–water partition coefficient (Wildman–Crippen LogP) is 2.84. The van der Waals surface area contributed by atoms with Crippen molar-refractivity contribution in [3.8, 4) is 5.88 Å². The third-order valence-electron chi connectivity index (χ3n) is 4.67. The Labute approximate surface area is 154 Å². The number of anilines is 2. The maximum Gasteiger partial charge on any atom is 0.388 e. The average molecular weight is 377 g/mol. The van der Waals surface area contributed by atoms with Gasteiger partial charge in [0.1, 0.15) is 11.3 Å². The van der Waals surface area contributed by atoms with E-state index in [9.17, 15) is 8.78 Å². The van der Waals surface area contributed by atoms with Gasteiger partial charge in [-0.2, -0.15) is 8.78 Å². The first-order valence-corrected chi connectivity index (χ1v) is 8.84. The number of fused-ring (bicyclic) bond motifs is 1. The van der Waals surface area contributed by atoms with Crippen molar-refractivity contribution >= 4 is 22.8 Å². The van der Waals surface area contributed by atoms with Crippen LogP contribution in [0, 0.1) is 5.92 Å². The second-order valence-electron chi connectivity index (χ2n) is 6.83. The minimum atomic E-state index is -2.92. The van der Waals surface area contributed by atoms with Crippen LogP contribution < -0.4 is 10.1 Å². The molecule has 3 aromatic rings. The largest absolute Gasteiger partial charge is 0.415 e. The van der Waals surface area contributed by atoms with E-state index in [0.29, 0.717) is 17.6 Å². The summed E-state index contributed by atoms with van der Waals surface area (Å²) in [6, 6.07) is 3.29. The normalized spacial score (nSPS) is 18.3. The second-order valence-corrected chi connectivity index (χ2v) is 6.83. The van der Waals surface area contributed by atoms with Crippen LogP contribution in [0.15, 0.2) is 24.5 Å². The van der Waals surface area contributed by atoms with Gasteiger partial charge in [-0.15, -0.1) is 5.10 Å². The minimum Gasteiger partial charge on any atom is -0.415 e. The molecule has 144 valence electrons. The molecule has 0 spiro atoms. The molecule has 0 amide bonds. The number of rotatable bonds is 6. The van der Waals surface area contributed by atoms with Gasteiger partial charge in [-0.1, -0.05) is 0 Å². The van der Waals surface area contributed by atoms with Crippen LogP contribution in [-0.4, -0.2) is 56.4 Å². The van der Waals surface area contributed by atoms with Crippen LogP contribution in [-0.2, 0) is 6.54 Å². The lowest BCUT2D eigenvalue weighted by Crippen LogP contribution is -2.34. The van der Waals surface area contributed by atoms with E-state index in [-0.39, 0.29) is 5.88 Å². The Balaban J connectivity index is 1.50. The molecular formula is C17H21F2N7O. The Morgan fingerprint density at radius 3 is 3.15 bits per heavy atom. The summed E-state index contributed by atoms with van der Waals surface area (Å²) in [5, 5.41) is 9.23. The number of hydrogen-bond donors (Lipinski definition) is 2. The van der Waals surface area contributed by atoms with Crippen LogP contribution in [0.5, 0.6) is 5.88 Å². The van der Waals surface area contributed by atoms with Crippen LogP contribution in [0.4, 0.5) is 20.4 Å². The number of H-pyrrole nitrogens is 1. The Bertz CT molecular complexity index is 910. The number of aromatic amines is 1. The Hall–Kier alpha value is -2.75. The molecule has 0 aliphatic carbocycles. The lowest BCUT2D eigenvalue weighted by Gasteiger charge is -2.29. The van der Waals surface area contributed by atoms with Gasteiger partial charge in [0.25, 0.3) is 0 Å². The number of hydrogen-bond acceptors (Lipinski definition) is 6.